The van der Waals surface area contributed by atoms with Gasteiger partial charge < -0.3 is 9.72 Å². The largest absolute Gasteiger partial charge is 0.479 e. The van der Waals surface area contributed by atoms with Gasteiger partial charge in [-0.15, -0.1) is 0 Å². The first kappa shape index (κ1) is 11.2. The molecule has 0 saturated heterocycles. The molecule has 0 bridgehead atoms. The molecule has 0 spiro atoms. The number of imidazole rings is 1. The molecule has 0 atom stereocenters. The predicted octanol–water partition coefficient (Wildman–Crippen LogP) is 1.92. The third-order valence-electron chi connectivity index (χ3n) is 2.61. The number of H-pyrrole nitrogens is 1. The number of aromatic amines is 1. The Morgan fingerprint density at radius 2 is 2.16 bits per heavy atom. The fourth-order valence-electron chi connectivity index (χ4n) is 1.76. The Hall–Kier alpha value is -2.94. The van der Waals surface area contributed by atoms with E-state index in [-0.39, 0.29) is 6.61 Å². The van der Waals surface area contributed by atoms with Gasteiger partial charge in [0.25, 0.3) is 0 Å². The lowest BCUT2D eigenvalue weighted by atomic mass is 10.2. The van der Waals surface area contributed by atoms with E-state index in [4.69, 9.17) is 10.00 Å². The molecule has 0 unspecified atom stereocenters. The Kier molecular flexibility index (Phi) is 2.79. The molecule has 3 aromatic rings. The van der Waals surface area contributed by atoms with Gasteiger partial charge in [-0.1, -0.05) is 12.1 Å². The molecule has 2 aromatic heterocycles. The smallest absolute Gasteiger partial charge is 0.174 e. The molecule has 2 heterocycles. The Labute approximate surface area is 108 Å². The highest BCUT2D eigenvalue weighted by atomic mass is 16.5. The maximum atomic E-state index is 8.50. The van der Waals surface area contributed by atoms with Gasteiger partial charge in [-0.25, -0.2) is 4.98 Å². The average Bonchev–Trinajstić information content (AvgIpc) is 2.89. The molecule has 0 aliphatic heterocycles. The molecule has 92 valence electrons. The summed E-state index contributed by atoms with van der Waals surface area (Å²) in [7, 11) is 0. The number of nitriles is 1. The number of fused-ring (bicyclic) bond motifs is 1. The zero-order chi connectivity index (χ0) is 13.1. The van der Waals surface area contributed by atoms with Crippen LogP contribution < -0.4 is 4.74 Å². The van der Waals surface area contributed by atoms with Gasteiger partial charge in [0.15, 0.2) is 6.61 Å². The summed E-state index contributed by atoms with van der Waals surface area (Å²) in [6, 6.07) is 9.33. The van der Waals surface area contributed by atoms with Crippen molar-refractivity contribution >= 4 is 11.0 Å². The fourth-order valence-corrected chi connectivity index (χ4v) is 1.76. The van der Waals surface area contributed by atoms with Gasteiger partial charge in [-0.05, 0) is 12.1 Å². The number of rotatable bonds is 3. The average molecular weight is 251 g/mol. The highest BCUT2D eigenvalue weighted by Gasteiger charge is 2.06. The summed E-state index contributed by atoms with van der Waals surface area (Å²) in [6.45, 7) is 0.0252. The number of nitrogens with one attached hydrogen (secondary N) is 1. The monoisotopic (exact) mass is 251 g/mol. The number of nitrogens with zero attached hydrogens (tertiary/aromatic N) is 4. The number of hydrogen-bond acceptors (Lipinski definition) is 5. The third-order valence-corrected chi connectivity index (χ3v) is 2.61. The molecular formula is C13H9N5O. The Morgan fingerprint density at radius 3 is 3.00 bits per heavy atom. The molecule has 3 rings (SSSR count). The van der Waals surface area contributed by atoms with Crippen molar-refractivity contribution in [3.63, 3.8) is 0 Å². The van der Waals surface area contributed by atoms with E-state index < -0.39 is 0 Å². The summed E-state index contributed by atoms with van der Waals surface area (Å²) in [5.74, 6) is 1.35. The van der Waals surface area contributed by atoms with Crippen molar-refractivity contribution in [2.75, 3.05) is 6.61 Å². The Morgan fingerprint density at radius 1 is 1.26 bits per heavy atom. The van der Waals surface area contributed by atoms with Crippen LogP contribution in [0.4, 0.5) is 0 Å². The van der Waals surface area contributed by atoms with Crippen LogP contribution in [0.15, 0.2) is 36.7 Å². The molecule has 0 amide bonds. The normalized spacial score (nSPS) is 10.3. The molecule has 0 aliphatic carbocycles. The van der Waals surface area contributed by atoms with Crippen LogP contribution in [0.2, 0.25) is 0 Å². The van der Waals surface area contributed by atoms with Crippen LogP contribution in [0.5, 0.6) is 5.75 Å². The summed E-state index contributed by atoms with van der Waals surface area (Å²) in [6.07, 6.45) is 3.23. The van der Waals surface area contributed by atoms with Gasteiger partial charge in [-0.2, -0.15) is 15.5 Å². The number of hydrogen-bond donors (Lipinski definition) is 1. The van der Waals surface area contributed by atoms with E-state index in [0.29, 0.717) is 11.6 Å². The van der Waals surface area contributed by atoms with Gasteiger partial charge in [-0.3, -0.25) is 0 Å². The lowest BCUT2D eigenvalue weighted by Gasteiger charge is -2.02. The minimum absolute atomic E-state index is 0.0252. The minimum atomic E-state index is 0.0252. The van der Waals surface area contributed by atoms with Crippen molar-refractivity contribution in [3.8, 4) is 23.2 Å². The van der Waals surface area contributed by atoms with Crippen LogP contribution in [-0.4, -0.2) is 26.8 Å². The van der Waals surface area contributed by atoms with E-state index >= 15 is 0 Å². The number of benzene rings is 1. The van der Waals surface area contributed by atoms with Gasteiger partial charge >= 0.3 is 0 Å². The van der Waals surface area contributed by atoms with Crippen molar-refractivity contribution in [1.29, 1.82) is 5.26 Å². The first-order valence-electron chi connectivity index (χ1n) is 5.63. The summed E-state index contributed by atoms with van der Waals surface area (Å²) in [5, 5.41) is 16.1. The van der Waals surface area contributed by atoms with Crippen LogP contribution in [0.25, 0.3) is 22.4 Å². The Bertz CT molecular complexity index is 726. The van der Waals surface area contributed by atoms with Gasteiger partial charge in [0.1, 0.15) is 23.2 Å². The van der Waals surface area contributed by atoms with Crippen molar-refractivity contribution < 1.29 is 4.74 Å². The molecular weight excluding hydrogens is 242 g/mol. The SMILES string of the molecule is N#CCOc1cccc(-c2nc3cnncc3[nH]2)c1. The molecule has 0 aliphatic rings. The molecule has 6 heteroatoms. The van der Waals surface area contributed by atoms with Crippen molar-refractivity contribution in [2.24, 2.45) is 0 Å². The summed E-state index contributed by atoms with van der Waals surface area (Å²) >= 11 is 0. The highest BCUT2D eigenvalue weighted by Crippen LogP contribution is 2.23. The number of ether oxygens (including phenoxy) is 1. The summed E-state index contributed by atoms with van der Waals surface area (Å²) in [4.78, 5) is 7.59. The second-order valence-electron chi connectivity index (χ2n) is 3.85. The molecule has 1 aromatic carbocycles. The number of aromatic nitrogens is 4. The van der Waals surface area contributed by atoms with Crippen LogP contribution in [-0.2, 0) is 0 Å². The van der Waals surface area contributed by atoms with E-state index in [2.05, 4.69) is 20.2 Å². The zero-order valence-corrected chi connectivity index (χ0v) is 9.87. The maximum absolute atomic E-state index is 8.50. The fraction of sp³-hybridized carbons (Fsp3) is 0.0769. The van der Waals surface area contributed by atoms with Crippen LogP contribution in [0.1, 0.15) is 0 Å². The first-order valence-corrected chi connectivity index (χ1v) is 5.63. The lowest BCUT2D eigenvalue weighted by Crippen LogP contribution is -1.93. The second kappa shape index (κ2) is 4.74. The van der Waals surface area contributed by atoms with Crippen LogP contribution >= 0.6 is 0 Å². The van der Waals surface area contributed by atoms with Crippen molar-refractivity contribution in [3.05, 3.63) is 36.7 Å². The highest BCUT2D eigenvalue weighted by molar-refractivity contribution is 5.77. The van der Waals surface area contributed by atoms with E-state index in [0.717, 1.165) is 16.6 Å². The molecule has 0 radical (unpaired) electrons. The molecule has 6 nitrogen and oxygen atoms in total. The lowest BCUT2D eigenvalue weighted by molar-refractivity contribution is 0.368. The Balaban J connectivity index is 1.99. The molecule has 19 heavy (non-hydrogen) atoms. The second-order valence-corrected chi connectivity index (χ2v) is 3.85. The predicted molar refractivity (Wildman–Crippen MR) is 68.2 cm³/mol. The summed E-state index contributed by atoms with van der Waals surface area (Å²) in [5.41, 5.74) is 2.47. The van der Waals surface area contributed by atoms with Crippen molar-refractivity contribution in [1.82, 2.24) is 20.2 Å². The maximum Gasteiger partial charge on any atom is 0.174 e. The molecule has 0 fully saturated rings. The van der Waals surface area contributed by atoms with Gasteiger partial charge in [0.2, 0.25) is 0 Å². The van der Waals surface area contributed by atoms with Crippen LogP contribution in [0.3, 0.4) is 0 Å². The molecule has 0 saturated carbocycles. The van der Waals surface area contributed by atoms with Gasteiger partial charge in [0.05, 0.1) is 17.9 Å². The van der Waals surface area contributed by atoms with Gasteiger partial charge in [0, 0.05) is 5.56 Å². The van der Waals surface area contributed by atoms with E-state index in [1.54, 1.807) is 18.5 Å². The first-order chi connectivity index (χ1) is 9.36. The standard InChI is InChI=1S/C13H9N5O/c14-4-5-19-10-3-1-2-9(6-10)13-17-11-7-15-16-8-12(11)18-13/h1-3,6-8H,5H2,(H,17,18). The zero-order valence-electron chi connectivity index (χ0n) is 9.87. The molecule has 1 N–H and O–H groups in total. The summed E-state index contributed by atoms with van der Waals surface area (Å²) < 4.78 is 5.26. The van der Waals surface area contributed by atoms with Crippen molar-refractivity contribution in [2.45, 2.75) is 0 Å². The van der Waals surface area contributed by atoms with Crippen LogP contribution in [0, 0.1) is 11.3 Å². The van der Waals surface area contributed by atoms with E-state index in [1.165, 1.54) is 0 Å². The third kappa shape index (κ3) is 2.21. The van der Waals surface area contributed by atoms with E-state index in [9.17, 15) is 0 Å². The minimum Gasteiger partial charge on any atom is -0.479 e. The topological polar surface area (TPSA) is 87.5 Å². The quantitative estimate of drug-likeness (QED) is 0.768. The van der Waals surface area contributed by atoms with E-state index in [1.807, 2.05) is 24.3 Å².